The molecule has 2 rings (SSSR count). The van der Waals surface area contributed by atoms with Crippen LogP contribution in [0.25, 0.3) is 0 Å². The Morgan fingerprint density at radius 2 is 2.26 bits per heavy atom. The Hall–Kier alpha value is -1.75. The maximum Gasteiger partial charge on any atom is 0.241 e. The first-order valence-corrected chi connectivity index (χ1v) is 6.79. The van der Waals surface area contributed by atoms with Crippen LogP contribution in [0.3, 0.4) is 0 Å². The number of hydrogen-bond donors (Lipinski definition) is 1. The zero-order valence-electron chi connectivity index (χ0n) is 11.1. The summed E-state index contributed by atoms with van der Waals surface area (Å²) in [6, 6.07) is 3.72. The molecule has 0 bridgehead atoms. The number of aromatic nitrogens is 1. The van der Waals surface area contributed by atoms with Gasteiger partial charge in [0.2, 0.25) is 5.91 Å². The van der Waals surface area contributed by atoms with E-state index in [0.717, 1.165) is 25.2 Å². The van der Waals surface area contributed by atoms with Gasteiger partial charge in [0.1, 0.15) is 0 Å². The van der Waals surface area contributed by atoms with Gasteiger partial charge in [0, 0.05) is 30.9 Å². The Balaban J connectivity index is 1.65. The third-order valence-corrected chi connectivity index (χ3v) is 3.19. The summed E-state index contributed by atoms with van der Waals surface area (Å²) in [5, 5.41) is 3.92. The second-order valence-electron chi connectivity index (χ2n) is 4.73. The average molecular weight is 260 g/mol. The van der Waals surface area contributed by atoms with Crippen molar-refractivity contribution in [3.8, 4) is 0 Å². The Labute approximate surface area is 113 Å². The maximum atomic E-state index is 11.6. The van der Waals surface area contributed by atoms with Crippen molar-refractivity contribution in [3.05, 3.63) is 30.1 Å². The molecule has 0 radical (unpaired) electrons. The lowest BCUT2D eigenvalue weighted by Gasteiger charge is -2.25. The van der Waals surface area contributed by atoms with Crippen LogP contribution < -0.4 is 5.43 Å². The first-order valence-electron chi connectivity index (χ1n) is 6.79. The minimum absolute atomic E-state index is 0.0364. The van der Waals surface area contributed by atoms with Crippen LogP contribution in [0.5, 0.6) is 0 Å². The monoisotopic (exact) mass is 260 g/mol. The highest BCUT2D eigenvalue weighted by Crippen LogP contribution is 2.08. The number of hydrogen-bond acceptors (Lipinski definition) is 4. The van der Waals surface area contributed by atoms with E-state index in [2.05, 4.69) is 20.4 Å². The van der Waals surface area contributed by atoms with Gasteiger partial charge in [0.15, 0.2) is 0 Å². The van der Waals surface area contributed by atoms with Crippen LogP contribution in [0.4, 0.5) is 0 Å². The van der Waals surface area contributed by atoms with E-state index < -0.39 is 0 Å². The second kappa shape index (κ2) is 7.63. The summed E-state index contributed by atoms with van der Waals surface area (Å²) in [6.07, 6.45) is 9.33. The highest BCUT2D eigenvalue weighted by molar-refractivity contribution is 5.81. The van der Waals surface area contributed by atoms with Gasteiger partial charge in [0.25, 0.3) is 0 Å². The van der Waals surface area contributed by atoms with Gasteiger partial charge in [-0.3, -0.25) is 9.78 Å². The van der Waals surface area contributed by atoms with E-state index in [1.54, 1.807) is 18.6 Å². The number of carbonyl (C=O) groups is 1. The molecular weight excluding hydrogens is 240 g/mol. The average Bonchev–Trinajstić information content (AvgIpc) is 2.47. The fourth-order valence-corrected chi connectivity index (χ4v) is 2.13. The zero-order chi connectivity index (χ0) is 13.3. The van der Waals surface area contributed by atoms with E-state index in [0.29, 0.717) is 6.42 Å². The van der Waals surface area contributed by atoms with Crippen LogP contribution >= 0.6 is 0 Å². The van der Waals surface area contributed by atoms with Gasteiger partial charge in [-0.15, -0.1) is 0 Å². The summed E-state index contributed by atoms with van der Waals surface area (Å²) in [5.74, 6) is -0.0364. The number of amides is 1. The maximum absolute atomic E-state index is 11.6. The summed E-state index contributed by atoms with van der Waals surface area (Å²) in [4.78, 5) is 17.9. The number of rotatable bonds is 5. The number of hydrazone groups is 1. The van der Waals surface area contributed by atoms with Crippen molar-refractivity contribution in [3.63, 3.8) is 0 Å². The summed E-state index contributed by atoms with van der Waals surface area (Å²) in [6.45, 7) is 3.06. The Bertz CT molecular complexity index is 413. The van der Waals surface area contributed by atoms with Crippen molar-refractivity contribution in [1.82, 2.24) is 15.3 Å². The molecular formula is C14H20N4O. The van der Waals surface area contributed by atoms with Gasteiger partial charge in [0.05, 0.1) is 6.21 Å². The highest BCUT2D eigenvalue weighted by atomic mass is 16.2. The van der Waals surface area contributed by atoms with Crippen LogP contribution in [0, 0.1) is 0 Å². The first kappa shape index (κ1) is 13.7. The van der Waals surface area contributed by atoms with E-state index in [4.69, 9.17) is 0 Å². The minimum atomic E-state index is -0.0364. The fourth-order valence-electron chi connectivity index (χ4n) is 2.13. The second-order valence-corrected chi connectivity index (χ2v) is 4.73. The van der Waals surface area contributed by atoms with Crippen molar-refractivity contribution in [1.29, 1.82) is 0 Å². The molecule has 1 amide bonds. The van der Waals surface area contributed by atoms with Crippen LogP contribution in [0.15, 0.2) is 29.6 Å². The van der Waals surface area contributed by atoms with Crippen molar-refractivity contribution in [2.75, 3.05) is 19.6 Å². The molecule has 0 aliphatic carbocycles. The molecule has 0 saturated carbocycles. The molecule has 2 heterocycles. The molecule has 0 atom stereocenters. The fraction of sp³-hybridized carbons (Fsp3) is 0.500. The van der Waals surface area contributed by atoms with Gasteiger partial charge in [-0.05, 0) is 32.0 Å². The first-order chi connectivity index (χ1) is 9.34. The molecule has 1 aromatic rings. The van der Waals surface area contributed by atoms with E-state index >= 15 is 0 Å². The van der Waals surface area contributed by atoms with Crippen molar-refractivity contribution in [2.45, 2.75) is 25.7 Å². The van der Waals surface area contributed by atoms with Crippen molar-refractivity contribution in [2.24, 2.45) is 5.10 Å². The molecule has 102 valence electrons. The number of piperidine rings is 1. The van der Waals surface area contributed by atoms with E-state index in [9.17, 15) is 4.79 Å². The Morgan fingerprint density at radius 1 is 1.42 bits per heavy atom. The summed E-state index contributed by atoms with van der Waals surface area (Å²) < 4.78 is 0. The number of likely N-dealkylation sites (tertiary alicyclic amines) is 1. The molecule has 0 aromatic carbocycles. The van der Waals surface area contributed by atoms with Crippen molar-refractivity contribution >= 4 is 12.1 Å². The molecule has 1 aromatic heterocycles. The van der Waals surface area contributed by atoms with E-state index in [1.807, 2.05) is 12.1 Å². The molecule has 1 saturated heterocycles. The summed E-state index contributed by atoms with van der Waals surface area (Å²) in [5.41, 5.74) is 3.42. The highest BCUT2D eigenvalue weighted by Gasteiger charge is 2.11. The molecule has 5 nitrogen and oxygen atoms in total. The number of nitrogens with one attached hydrogen (secondary N) is 1. The largest absolute Gasteiger partial charge is 0.303 e. The van der Waals surface area contributed by atoms with E-state index in [1.165, 1.54) is 19.3 Å². The molecule has 0 spiro atoms. The van der Waals surface area contributed by atoms with Gasteiger partial charge in [-0.2, -0.15) is 5.10 Å². The molecule has 5 heteroatoms. The SMILES string of the molecule is O=C(CCN1CCCCC1)N/N=C/c1cccnc1. The van der Waals surface area contributed by atoms with Crippen LogP contribution in [0.1, 0.15) is 31.2 Å². The third kappa shape index (κ3) is 5.18. The molecule has 1 N–H and O–H groups in total. The Kier molecular flexibility index (Phi) is 5.49. The van der Waals surface area contributed by atoms with Gasteiger partial charge in [-0.25, -0.2) is 5.43 Å². The van der Waals surface area contributed by atoms with E-state index in [-0.39, 0.29) is 5.91 Å². The molecule has 1 aliphatic rings. The lowest BCUT2D eigenvalue weighted by atomic mass is 10.1. The lowest BCUT2D eigenvalue weighted by molar-refractivity contribution is -0.121. The number of carbonyl (C=O) groups excluding carboxylic acids is 1. The minimum Gasteiger partial charge on any atom is -0.303 e. The summed E-state index contributed by atoms with van der Waals surface area (Å²) in [7, 11) is 0. The summed E-state index contributed by atoms with van der Waals surface area (Å²) >= 11 is 0. The van der Waals surface area contributed by atoms with Gasteiger partial charge >= 0.3 is 0 Å². The molecule has 1 aliphatic heterocycles. The van der Waals surface area contributed by atoms with Crippen molar-refractivity contribution < 1.29 is 4.79 Å². The smallest absolute Gasteiger partial charge is 0.241 e. The predicted octanol–water partition coefficient (Wildman–Crippen LogP) is 1.41. The quantitative estimate of drug-likeness (QED) is 0.643. The predicted molar refractivity (Wildman–Crippen MR) is 74.9 cm³/mol. The number of pyridine rings is 1. The topological polar surface area (TPSA) is 57.6 Å². The molecule has 1 fully saturated rings. The van der Waals surface area contributed by atoms with Gasteiger partial charge in [-0.1, -0.05) is 12.5 Å². The van der Waals surface area contributed by atoms with Crippen LogP contribution in [-0.4, -0.2) is 41.6 Å². The zero-order valence-corrected chi connectivity index (χ0v) is 11.1. The molecule has 0 unspecified atom stereocenters. The number of nitrogens with zero attached hydrogens (tertiary/aromatic N) is 3. The third-order valence-electron chi connectivity index (χ3n) is 3.19. The van der Waals surface area contributed by atoms with Crippen LogP contribution in [-0.2, 0) is 4.79 Å². The lowest BCUT2D eigenvalue weighted by Crippen LogP contribution is -2.33. The molecule has 19 heavy (non-hydrogen) atoms. The van der Waals surface area contributed by atoms with Gasteiger partial charge < -0.3 is 4.90 Å². The standard InChI is InChI=1S/C14H20N4O/c19-14(6-10-18-8-2-1-3-9-18)17-16-12-13-5-4-7-15-11-13/h4-5,7,11-12H,1-3,6,8-10H2,(H,17,19)/b16-12+. The normalized spacial score (nSPS) is 16.6. The Morgan fingerprint density at radius 3 is 3.00 bits per heavy atom. The van der Waals surface area contributed by atoms with Crippen LogP contribution in [0.2, 0.25) is 0 Å².